The molecular formula is C10H16O2. The molecule has 0 aliphatic heterocycles. The minimum absolute atomic E-state index is 0.105. The Hall–Kier alpha value is -0.600. The van der Waals surface area contributed by atoms with Gasteiger partial charge >= 0.3 is 0 Å². The third kappa shape index (κ3) is 1.59. The molecule has 2 unspecified atom stereocenters. The summed E-state index contributed by atoms with van der Waals surface area (Å²) in [5.74, 6) is 0. The van der Waals surface area contributed by atoms with Gasteiger partial charge in [-0.25, -0.2) is 0 Å². The van der Waals surface area contributed by atoms with Crippen molar-refractivity contribution in [2.75, 3.05) is 14.2 Å². The van der Waals surface area contributed by atoms with Gasteiger partial charge in [-0.2, -0.15) is 0 Å². The van der Waals surface area contributed by atoms with Crippen molar-refractivity contribution < 1.29 is 9.47 Å². The molecule has 0 aromatic heterocycles. The van der Waals surface area contributed by atoms with Gasteiger partial charge in [0.1, 0.15) is 5.60 Å². The Kier molecular flexibility index (Phi) is 2.70. The molecule has 2 nitrogen and oxygen atoms in total. The summed E-state index contributed by atoms with van der Waals surface area (Å²) in [5, 5.41) is 0. The predicted molar refractivity (Wildman–Crippen MR) is 49.1 cm³/mol. The van der Waals surface area contributed by atoms with E-state index in [-0.39, 0.29) is 11.7 Å². The molecule has 0 radical (unpaired) electrons. The van der Waals surface area contributed by atoms with Crippen molar-refractivity contribution in [3.05, 3.63) is 23.8 Å². The highest BCUT2D eigenvalue weighted by Crippen LogP contribution is 2.26. The van der Waals surface area contributed by atoms with Crippen LogP contribution < -0.4 is 0 Å². The Bertz CT molecular complexity index is 218. The topological polar surface area (TPSA) is 18.5 Å². The fourth-order valence-electron chi connectivity index (χ4n) is 1.25. The van der Waals surface area contributed by atoms with E-state index < -0.39 is 0 Å². The lowest BCUT2D eigenvalue weighted by atomic mass is 9.90. The van der Waals surface area contributed by atoms with Crippen molar-refractivity contribution in [2.24, 2.45) is 0 Å². The maximum Gasteiger partial charge on any atom is 0.104 e. The molecule has 1 aliphatic carbocycles. The lowest BCUT2D eigenvalue weighted by Crippen LogP contribution is -2.30. The van der Waals surface area contributed by atoms with Crippen molar-refractivity contribution >= 4 is 0 Å². The average Bonchev–Trinajstić information content (AvgIpc) is 2.10. The molecule has 2 heteroatoms. The van der Waals surface area contributed by atoms with Crippen LogP contribution in [0.5, 0.6) is 0 Å². The number of rotatable bonds is 2. The molecule has 0 saturated carbocycles. The van der Waals surface area contributed by atoms with Crippen LogP contribution in [0.2, 0.25) is 0 Å². The molecule has 0 amide bonds. The molecule has 0 bridgehead atoms. The van der Waals surface area contributed by atoms with Crippen LogP contribution in [0.4, 0.5) is 0 Å². The Morgan fingerprint density at radius 1 is 1.42 bits per heavy atom. The van der Waals surface area contributed by atoms with Gasteiger partial charge in [0.2, 0.25) is 0 Å². The van der Waals surface area contributed by atoms with Crippen LogP contribution in [-0.4, -0.2) is 25.9 Å². The first-order chi connectivity index (χ1) is 5.62. The zero-order valence-corrected chi connectivity index (χ0v) is 8.13. The number of ether oxygens (including phenoxy) is 2. The molecule has 0 aromatic carbocycles. The lowest BCUT2D eigenvalue weighted by molar-refractivity contribution is 0.0725. The van der Waals surface area contributed by atoms with Crippen molar-refractivity contribution in [1.29, 1.82) is 0 Å². The first kappa shape index (κ1) is 9.49. The van der Waals surface area contributed by atoms with Gasteiger partial charge in [0.25, 0.3) is 0 Å². The molecule has 0 heterocycles. The van der Waals surface area contributed by atoms with E-state index in [4.69, 9.17) is 9.47 Å². The second kappa shape index (κ2) is 3.42. The van der Waals surface area contributed by atoms with E-state index in [2.05, 4.69) is 13.0 Å². The van der Waals surface area contributed by atoms with Crippen LogP contribution in [0.25, 0.3) is 0 Å². The standard InChI is InChI=1S/C10H16O2/c1-8-7-9(11-3)5-6-10(8,2)12-4/h5-7,9H,1-4H3. The molecule has 0 saturated heterocycles. The van der Waals surface area contributed by atoms with Crippen molar-refractivity contribution in [3.63, 3.8) is 0 Å². The van der Waals surface area contributed by atoms with Gasteiger partial charge < -0.3 is 9.47 Å². The molecular weight excluding hydrogens is 152 g/mol. The minimum atomic E-state index is -0.241. The smallest absolute Gasteiger partial charge is 0.104 e. The Morgan fingerprint density at radius 3 is 2.50 bits per heavy atom. The number of methoxy groups -OCH3 is 2. The summed E-state index contributed by atoms with van der Waals surface area (Å²) in [6.45, 7) is 4.10. The van der Waals surface area contributed by atoms with Gasteiger partial charge in [0.15, 0.2) is 0 Å². The van der Waals surface area contributed by atoms with E-state index in [1.165, 1.54) is 5.57 Å². The van der Waals surface area contributed by atoms with E-state index in [0.717, 1.165) is 0 Å². The predicted octanol–water partition coefficient (Wildman–Crippen LogP) is 1.92. The van der Waals surface area contributed by atoms with Gasteiger partial charge in [0.05, 0.1) is 6.10 Å². The summed E-state index contributed by atoms with van der Waals surface area (Å²) in [5.41, 5.74) is 0.953. The molecule has 1 aliphatic rings. The Labute approximate surface area is 73.9 Å². The molecule has 1 rings (SSSR count). The summed E-state index contributed by atoms with van der Waals surface area (Å²) in [6.07, 6.45) is 6.23. The Morgan fingerprint density at radius 2 is 2.08 bits per heavy atom. The quantitative estimate of drug-likeness (QED) is 0.586. The Balaban J connectivity index is 2.82. The van der Waals surface area contributed by atoms with Crippen LogP contribution in [0.15, 0.2) is 23.8 Å². The van der Waals surface area contributed by atoms with Crippen LogP contribution >= 0.6 is 0 Å². The van der Waals surface area contributed by atoms with E-state index in [9.17, 15) is 0 Å². The van der Waals surface area contributed by atoms with Crippen LogP contribution in [0.1, 0.15) is 13.8 Å². The highest BCUT2D eigenvalue weighted by molar-refractivity contribution is 5.30. The normalized spacial score (nSPS) is 35.0. The lowest BCUT2D eigenvalue weighted by Gasteiger charge is -2.30. The summed E-state index contributed by atoms with van der Waals surface area (Å²) < 4.78 is 10.6. The monoisotopic (exact) mass is 168 g/mol. The van der Waals surface area contributed by atoms with Crippen molar-refractivity contribution in [3.8, 4) is 0 Å². The van der Waals surface area contributed by atoms with E-state index in [1.54, 1.807) is 14.2 Å². The highest BCUT2D eigenvalue weighted by atomic mass is 16.5. The highest BCUT2D eigenvalue weighted by Gasteiger charge is 2.26. The zero-order valence-electron chi connectivity index (χ0n) is 8.13. The van der Waals surface area contributed by atoms with Gasteiger partial charge in [-0.05, 0) is 25.5 Å². The van der Waals surface area contributed by atoms with Gasteiger partial charge in [0, 0.05) is 14.2 Å². The van der Waals surface area contributed by atoms with E-state index in [1.807, 2.05) is 19.1 Å². The van der Waals surface area contributed by atoms with Crippen molar-refractivity contribution in [2.45, 2.75) is 25.6 Å². The molecule has 2 atom stereocenters. The largest absolute Gasteiger partial charge is 0.373 e. The summed E-state index contributed by atoms with van der Waals surface area (Å²) >= 11 is 0. The fraction of sp³-hybridized carbons (Fsp3) is 0.600. The average molecular weight is 168 g/mol. The molecule has 12 heavy (non-hydrogen) atoms. The SMILES string of the molecule is COC1C=CC(C)(OC)C(C)=C1. The number of hydrogen-bond acceptors (Lipinski definition) is 2. The third-order valence-electron chi connectivity index (χ3n) is 2.50. The van der Waals surface area contributed by atoms with Crippen LogP contribution in [0, 0.1) is 0 Å². The molecule has 0 aromatic rings. The third-order valence-corrected chi connectivity index (χ3v) is 2.50. The first-order valence-electron chi connectivity index (χ1n) is 4.08. The molecule has 68 valence electrons. The maximum atomic E-state index is 5.37. The fourth-order valence-corrected chi connectivity index (χ4v) is 1.25. The van der Waals surface area contributed by atoms with Gasteiger partial charge in [-0.3, -0.25) is 0 Å². The van der Waals surface area contributed by atoms with Gasteiger partial charge in [-0.15, -0.1) is 0 Å². The summed E-state index contributed by atoms with van der Waals surface area (Å²) in [4.78, 5) is 0. The second-order valence-electron chi connectivity index (χ2n) is 3.22. The van der Waals surface area contributed by atoms with E-state index in [0.29, 0.717) is 0 Å². The van der Waals surface area contributed by atoms with Crippen LogP contribution in [-0.2, 0) is 9.47 Å². The summed E-state index contributed by atoms with van der Waals surface area (Å²) in [6, 6.07) is 0. The minimum Gasteiger partial charge on any atom is -0.373 e. The zero-order chi connectivity index (χ0) is 9.19. The first-order valence-corrected chi connectivity index (χ1v) is 4.08. The van der Waals surface area contributed by atoms with Gasteiger partial charge in [-0.1, -0.05) is 12.2 Å². The van der Waals surface area contributed by atoms with E-state index >= 15 is 0 Å². The molecule has 0 spiro atoms. The van der Waals surface area contributed by atoms with Crippen molar-refractivity contribution in [1.82, 2.24) is 0 Å². The number of hydrogen-bond donors (Lipinski definition) is 0. The second-order valence-corrected chi connectivity index (χ2v) is 3.22. The molecule has 0 fully saturated rings. The summed E-state index contributed by atoms with van der Waals surface area (Å²) in [7, 11) is 3.42. The van der Waals surface area contributed by atoms with Crippen LogP contribution in [0.3, 0.4) is 0 Å². The maximum absolute atomic E-state index is 5.37. The molecule has 0 N–H and O–H groups in total.